The van der Waals surface area contributed by atoms with Gasteiger partial charge in [-0.05, 0) is 61.5 Å². The van der Waals surface area contributed by atoms with E-state index in [1.165, 1.54) is 41.6 Å². The van der Waals surface area contributed by atoms with Gasteiger partial charge < -0.3 is 10.2 Å². The SMILES string of the molecule is CN1CCc2cc(C(CNC(=O)CCc3ccccc3)N3CCCCC3)ccc21. The second-order valence-electron chi connectivity index (χ2n) is 8.46. The largest absolute Gasteiger partial charge is 0.374 e. The highest BCUT2D eigenvalue weighted by Gasteiger charge is 2.25. The van der Waals surface area contributed by atoms with Crippen LogP contribution in [-0.4, -0.2) is 44.0 Å². The van der Waals surface area contributed by atoms with Crippen molar-refractivity contribution in [3.63, 3.8) is 0 Å². The van der Waals surface area contributed by atoms with Crippen LogP contribution in [0.25, 0.3) is 0 Å². The summed E-state index contributed by atoms with van der Waals surface area (Å²) in [5.74, 6) is 0.150. The van der Waals surface area contributed by atoms with Crippen molar-refractivity contribution in [2.75, 3.05) is 38.1 Å². The number of likely N-dealkylation sites (tertiary alicyclic amines) is 1. The molecule has 0 radical (unpaired) electrons. The van der Waals surface area contributed by atoms with E-state index in [0.29, 0.717) is 13.0 Å². The predicted octanol–water partition coefficient (Wildman–Crippen LogP) is 3.95. The number of fused-ring (bicyclic) bond motifs is 1. The first-order valence-electron chi connectivity index (χ1n) is 11.1. The van der Waals surface area contributed by atoms with Gasteiger partial charge in [-0.2, -0.15) is 0 Å². The molecule has 0 aliphatic carbocycles. The lowest BCUT2D eigenvalue weighted by atomic mass is 9.98. The van der Waals surface area contributed by atoms with Gasteiger partial charge in [-0.15, -0.1) is 0 Å². The topological polar surface area (TPSA) is 35.6 Å². The van der Waals surface area contributed by atoms with E-state index >= 15 is 0 Å². The molecule has 2 aliphatic rings. The number of benzene rings is 2. The first-order valence-corrected chi connectivity index (χ1v) is 11.1. The molecule has 1 saturated heterocycles. The van der Waals surface area contributed by atoms with Gasteiger partial charge in [0.15, 0.2) is 0 Å². The highest BCUT2D eigenvalue weighted by atomic mass is 16.1. The molecule has 2 aliphatic heterocycles. The molecule has 29 heavy (non-hydrogen) atoms. The molecule has 2 heterocycles. The summed E-state index contributed by atoms with van der Waals surface area (Å²) in [5.41, 5.74) is 5.38. The molecule has 1 atom stereocenters. The minimum Gasteiger partial charge on any atom is -0.374 e. The van der Waals surface area contributed by atoms with Crippen LogP contribution >= 0.6 is 0 Å². The minimum absolute atomic E-state index is 0.150. The number of nitrogens with one attached hydrogen (secondary N) is 1. The highest BCUT2D eigenvalue weighted by molar-refractivity contribution is 5.76. The molecule has 1 amide bonds. The van der Waals surface area contributed by atoms with Crippen LogP contribution < -0.4 is 10.2 Å². The van der Waals surface area contributed by atoms with Gasteiger partial charge in [0.05, 0.1) is 6.04 Å². The molecule has 154 valence electrons. The van der Waals surface area contributed by atoms with Crippen LogP contribution in [0.4, 0.5) is 5.69 Å². The van der Waals surface area contributed by atoms with E-state index in [1.54, 1.807) is 0 Å². The molecule has 4 rings (SSSR count). The van der Waals surface area contributed by atoms with Crippen molar-refractivity contribution < 1.29 is 4.79 Å². The molecular weight excluding hydrogens is 358 g/mol. The zero-order chi connectivity index (χ0) is 20.1. The lowest BCUT2D eigenvalue weighted by Gasteiger charge is -2.35. The van der Waals surface area contributed by atoms with Gasteiger partial charge in [0.1, 0.15) is 0 Å². The number of carbonyl (C=O) groups excluding carboxylic acids is 1. The van der Waals surface area contributed by atoms with E-state index < -0.39 is 0 Å². The van der Waals surface area contributed by atoms with E-state index in [1.807, 2.05) is 18.2 Å². The van der Waals surface area contributed by atoms with Crippen LogP contribution in [0.1, 0.15) is 48.4 Å². The average Bonchev–Trinajstić information content (AvgIpc) is 3.14. The Labute approximate surface area is 174 Å². The molecule has 1 fully saturated rings. The zero-order valence-corrected chi connectivity index (χ0v) is 17.6. The van der Waals surface area contributed by atoms with Crippen LogP contribution in [0.5, 0.6) is 0 Å². The molecule has 1 N–H and O–H groups in total. The monoisotopic (exact) mass is 391 g/mol. The third-order valence-electron chi connectivity index (χ3n) is 6.42. The Balaban J connectivity index is 1.41. The molecule has 0 saturated carbocycles. The lowest BCUT2D eigenvalue weighted by Crippen LogP contribution is -2.40. The van der Waals surface area contributed by atoms with Crippen LogP contribution in [0.15, 0.2) is 48.5 Å². The minimum atomic E-state index is 0.150. The number of aryl methyl sites for hydroxylation is 1. The van der Waals surface area contributed by atoms with Crippen LogP contribution in [0, 0.1) is 0 Å². The standard InChI is InChI=1S/C25H33N3O/c1-27-17-14-22-18-21(11-12-23(22)27)24(28-15-6-3-7-16-28)19-26-25(29)13-10-20-8-4-2-5-9-20/h2,4-5,8-9,11-12,18,24H,3,6-7,10,13-17,19H2,1H3,(H,26,29). The third-order valence-corrected chi connectivity index (χ3v) is 6.42. The van der Waals surface area contributed by atoms with Crippen molar-refractivity contribution in [3.8, 4) is 0 Å². The Morgan fingerprint density at radius 1 is 1.03 bits per heavy atom. The number of likely N-dealkylation sites (N-methyl/N-ethyl adjacent to an activating group) is 1. The Hall–Kier alpha value is -2.33. The average molecular weight is 392 g/mol. The summed E-state index contributed by atoms with van der Waals surface area (Å²) >= 11 is 0. The van der Waals surface area contributed by atoms with Crippen molar-refractivity contribution >= 4 is 11.6 Å². The normalized spacial score (nSPS) is 17.8. The number of hydrogen-bond donors (Lipinski definition) is 1. The molecule has 0 spiro atoms. The number of piperidine rings is 1. The quantitative estimate of drug-likeness (QED) is 0.776. The summed E-state index contributed by atoms with van der Waals surface area (Å²) in [6, 6.07) is 17.5. The second kappa shape index (κ2) is 9.45. The second-order valence-corrected chi connectivity index (χ2v) is 8.46. The van der Waals surface area contributed by atoms with Crippen molar-refractivity contribution in [3.05, 3.63) is 65.2 Å². The summed E-state index contributed by atoms with van der Waals surface area (Å²) in [6.45, 7) is 4.05. The van der Waals surface area contributed by atoms with Gasteiger partial charge in [-0.25, -0.2) is 0 Å². The molecule has 4 heteroatoms. The van der Waals surface area contributed by atoms with E-state index in [0.717, 1.165) is 32.5 Å². The van der Waals surface area contributed by atoms with Gasteiger partial charge in [-0.1, -0.05) is 48.9 Å². The number of carbonyl (C=O) groups is 1. The summed E-state index contributed by atoms with van der Waals surface area (Å²) < 4.78 is 0. The maximum atomic E-state index is 12.5. The van der Waals surface area contributed by atoms with Crippen molar-refractivity contribution in [1.29, 1.82) is 0 Å². The molecule has 0 aromatic heterocycles. The van der Waals surface area contributed by atoms with Crippen molar-refractivity contribution in [1.82, 2.24) is 10.2 Å². The third kappa shape index (κ3) is 4.99. The fourth-order valence-corrected chi connectivity index (χ4v) is 4.68. The summed E-state index contributed by atoms with van der Waals surface area (Å²) in [5, 5.41) is 3.23. The first-order chi connectivity index (χ1) is 14.2. The molecule has 4 nitrogen and oxygen atoms in total. The van der Waals surface area contributed by atoms with Crippen LogP contribution in [0.3, 0.4) is 0 Å². The number of anilines is 1. The molecule has 2 aromatic rings. The van der Waals surface area contributed by atoms with Crippen LogP contribution in [-0.2, 0) is 17.6 Å². The van der Waals surface area contributed by atoms with Gasteiger partial charge in [0.25, 0.3) is 0 Å². The Bertz CT molecular complexity index is 814. The van der Waals surface area contributed by atoms with E-state index in [-0.39, 0.29) is 11.9 Å². The summed E-state index contributed by atoms with van der Waals surface area (Å²) in [7, 11) is 2.17. The smallest absolute Gasteiger partial charge is 0.220 e. The molecule has 2 aromatic carbocycles. The van der Waals surface area contributed by atoms with Crippen molar-refractivity contribution in [2.24, 2.45) is 0 Å². The Morgan fingerprint density at radius 3 is 2.62 bits per heavy atom. The number of nitrogens with zero attached hydrogens (tertiary/aromatic N) is 2. The summed E-state index contributed by atoms with van der Waals surface area (Å²) in [4.78, 5) is 17.4. The fraction of sp³-hybridized carbons (Fsp3) is 0.480. The number of rotatable bonds is 7. The molecular formula is C25H33N3O. The molecule has 1 unspecified atom stereocenters. The van der Waals surface area contributed by atoms with E-state index in [9.17, 15) is 4.79 Å². The van der Waals surface area contributed by atoms with E-state index in [2.05, 4.69) is 52.5 Å². The maximum Gasteiger partial charge on any atom is 0.220 e. The number of amides is 1. The first kappa shape index (κ1) is 20.0. The van der Waals surface area contributed by atoms with Gasteiger partial charge >= 0.3 is 0 Å². The number of hydrogen-bond acceptors (Lipinski definition) is 3. The highest BCUT2D eigenvalue weighted by Crippen LogP contribution is 2.32. The predicted molar refractivity (Wildman–Crippen MR) is 119 cm³/mol. The van der Waals surface area contributed by atoms with Crippen LogP contribution in [0.2, 0.25) is 0 Å². The van der Waals surface area contributed by atoms with Gasteiger partial charge in [0, 0.05) is 32.2 Å². The summed E-state index contributed by atoms with van der Waals surface area (Å²) in [6.07, 6.45) is 6.30. The van der Waals surface area contributed by atoms with Gasteiger partial charge in [0.2, 0.25) is 5.91 Å². The fourth-order valence-electron chi connectivity index (χ4n) is 4.68. The molecule has 0 bridgehead atoms. The lowest BCUT2D eigenvalue weighted by molar-refractivity contribution is -0.121. The Morgan fingerprint density at radius 2 is 1.83 bits per heavy atom. The van der Waals surface area contributed by atoms with Crippen molar-refractivity contribution in [2.45, 2.75) is 44.6 Å². The van der Waals surface area contributed by atoms with E-state index in [4.69, 9.17) is 0 Å². The van der Waals surface area contributed by atoms with Gasteiger partial charge in [-0.3, -0.25) is 9.69 Å². The Kier molecular flexibility index (Phi) is 6.50. The zero-order valence-electron chi connectivity index (χ0n) is 17.6. The maximum absolute atomic E-state index is 12.5.